The van der Waals surface area contributed by atoms with E-state index in [4.69, 9.17) is 4.74 Å². The van der Waals surface area contributed by atoms with Crippen molar-refractivity contribution in [1.82, 2.24) is 14.5 Å². The topological polar surface area (TPSA) is 69.0 Å². The summed E-state index contributed by atoms with van der Waals surface area (Å²) in [5.74, 6) is 1.28. The van der Waals surface area contributed by atoms with Crippen LogP contribution in [-0.2, 0) is 13.0 Å². The predicted octanol–water partition coefficient (Wildman–Crippen LogP) is 3.79. The highest BCUT2D eigenvalue weighted by Gasteiger charge is 2.08. The van der Waals surface area contributed by atoms with E-state index < -0.39 is 0 Å². The van der Waals surface area contributed by atoms with Crippen LogP contribution in [0.3, 0.4) is 0 Å². The predicted molar refractivity (Wildman–Crippen MR) is 110 cm³/mol. The molecule has 0 radical (unpaired) electrons. The second kappa shape index (κ2) is 7.92. The van der Waals surface area contributed by atoms with E-state index in [-0.39, 0.29) is 5.56 Å². The van der Waals surface area contributed by atoms with E-state index in [0.29, 0.717) is 24.6 Å². The summed E-state index contributed by atoms with van der Waals surface area (Å²) in [6.07, 6.45) is 2.45. The van der Waals surface area contributed by atoms with Crippen LogP contribution in [0.5, 0.6) is 5.75 Å². The number of aryl methyl sites for hydroxylation is 2. The minimum absolute atomic E-state index is 0.0784. The molecule has 140 valence electrons. The highest BCUT2D eigenvalue weighted by molar-refractivity contribution is 5.75. The maximum Gasteiger partial charge on any atom is 0.252 e. The second-order valence-electron chi connectivity index (χ2n) is 6.38. The number of hydrogen-bond donors (Lipinski definition) is 1. The summed E-state index contributed by atoms with van der Waals surface area (Å²) >= 11 is 0. The molecule has 0 bridgehead atoms. The van der Waals surface area contributed by atoms with E-state index in [1.165, 1.54) is 0 Å². The Morgan fingerprint density at radius 3 is 2.54 bits per heavy atom. The molecule has 0 spiro atoms. The van der Waals surface area contributed by atoms with E-state index in [2.05, 4.69) is 15.3 Å². The SMILES string of the molecule is COc1ccc(CCn2c(=O)ccc3cnc(Nc4ccccc4)nc32)cc1. The normalized spacial score (nSPS) is 10.8. The number of nitrogens with zero attached hydrogens (tertiary/aromatic N) is 3. The molecule has 0 unspecified atom stereocenters. The van der Waals surface area contributed by atoms with Gasteiger partial charge < -0.3 is 10.1 Å². The van der Waals surface area contributed by atoms with Gasteiger partial charge in [-0.1, -0.05) is 30.3 Å². The third-order valence-corrected chi connectivity index (χ3v) is 4.54. The molecule has 1 N–H and O–H groups in total. The van der Waals surface area contributed by atoms with Crippen LogP contribution < -0.4 is 15.6 Å². The van der Waals surface area contributed by atoms with Gasteiger partial charge >= 0.3 is 0 Å². The van der Waals surface area contributed by atoms with Gasteiger partial charge in [0.1, 0.15) is 11.4 Å². The van der Waals surface area contributed by atoms with Gasteiger partial charge in [0, 0.05) is 29.9 Å². The molecular weight excluding hydrogens is 352 g/mol. The Balaban J connectivity index is 1.63. The van der Waals surface area contributed by atoms with Crippen molar-refractivity contribution in [2.75, 3.05) is 12.4 Å². The number of fused-ring (bicyclic) bond motifs is 1. The van der Waals surface area contributed by atoms with Crippen LogP contribution >= 0.6 is 0 Å². The van der Waals surface area contributed by atoms with Gasteiger partial charge in [-0.2, -0.15) is 4.98 Å². The molecule has 4 rings (SSSR count). The fraction of sp³-hybridized carbons (Fsp3) is 0.136. The van der Waals surface area contributed by atoms with Crippen LogP contribution in [0, 0.1) is 0 Å². The van der Waals surface area contributed by atoms with Crippen molar-refractivity contribution >= 4 is 22.7 Å². The van der Waals surface area contributed by atoms with Crippen molar-refractivity contribution in [3.05, 3.63) is 88.8 Å². The van der Waals surface area contributed by atoms with E-state index >= 15 is 0 Å². The van der Waals surface area contributed by atoms with Crippen LogP contribution in [0.15, 0.2) is 77.7 Å². The monoisotopic (exact) mass is 372 g/mol. The lowest BCUT2D eigenvalue weighted by atomic mass is 10.1. The summed E-state index contributed by atoms with van der Waals surface area (Å²) in [5.41, 5.74) is 2.56. The third kappa shape index (κ3) is 3.86. The molecule has 0 saturated carbocycles. The van der Waals surface area contributed by atoms with Crippen molar-refractivity contribution in [3.8, 4) is 5.75 Å². The zero-order valence-corrected chi connectivity index (χ0v) is 15.5. The summed E-state index contributed by atoms with van der Waals surface area (Å²) in [6, 6.07) is 20.9. The number of pyridine rings is 1. The largest absolute Gasteiger partial charge is 0.497 e. The number of ether oxygens (including phenoxy) is 1. The Kier molecular flexibility index (Phi) is 5.01. The highest BCUT2D eigenvalue weighted by Crippen LogP contribution is 2.16. The third-order valence-electron chi connectivity index (χ3n) is 4.54. The van der Waals surface area contributed by atoms with Gasteiger partial charge in [0.15, 0.2) is 0 Å². The maximum atomic E-state index is 12.5. The molecule has 2 aromatic heterocycles. The van der Waals surface area contributed by atoms with E-state index in [1.807, 2.05) is 54.6 Å². The lowest BCUT2D eigenvalue weighted by molar-refractivity contribution is 0.414. The molecule has 28 heavy (non-hydrogen) atoms. The maximum absolute atomic E-state index is 12.5. The van der Waals surface area contributed by atoms with Crippen LogP contribution in [0.25, 0.3) is 11.0 Å². The van der Waals surface area contributed by atoms with E-state index in [1.54, 1.807) is 30.0 Å². The number of hydrogen-bond acceptors (Lipinski definition) is 5. The number of rotatable bonds is 6. The van der Waals surface area contributed by atoms with Gasteiger partial charge in [0.2, 0.25) is 5.95 Å². The van der Waals surface area contributed by atoms with Gasteiger partial charge in [-0.25, -0.2) is 4.98 Å². The fourth-order valence-electron chi connectivity index (χ4n) is 3.03. The Bertz CT molecular complexity index is 1140. The minimum Gasteiger partial charge on any atom is -0.497 e. The Labute approximate surface area is 162 Å². The Hall–Kier alpha value is -3.67. The first-order chi connectivity index (χ1) is 13.7. The molecular formula is C22H20N4O2. The first-order valence-corrected chi connectivity index (χ1v) is 9.04. The van der Waals surface area contributed by atoms with Crippen LogP contribution in [0.1, 0.15) is 5.56 Å². The number of anilines is 2. The molecule has 0 fully saturated rings. The quantitative estimate of drug-likeness (QED) is 0.558. The van der Waals surface area contributed by atoms with Crippen LogP contribution in [0.2, 0.25) is 0 Å². The van der Waals surface area contributed by atoms with E-state index in [9.17, 15) is 4.79 Å². The summed E-state index contributed by atoms with van der Waals surface area (Å²) in [4.78, 5) is 21.4. The van der Waals surface area contributed by atoms with E-state index in [0.717, 1.165) is 22.4 Å². The van der Waals surface area contributed by atoms with Crippen molar-refractivity contribution in [2.45, 2.75) is 13.0 Å². The summed E-state index contributed by atoms with van der Waals surface area (Å²) < 4.78 is 6.88. The van der Waals surface area contributed by atoms with Gasteiger partial charge in [0.25, 0.3) is 5.56 Å². The Morgan fingerprint density at radius 2 is 1.79 bits per heavy atom. The number of para-hydroxylation sites is 1. The molecule has 6 heteroatoms. The molecule has 6 nitrogen and oxygen atoms in total. The standard InChI is InChI=1S/C22H20N4O2/c1-28-19-10-7-16(8-11-19)13-14-26-20(27)12-9-17-15-23-22(25-21(17)26)24-18-5-3-2-4-6-18/h2-12,15H,13-14H2,1H3,(H,23,24,25). The molecule has 0 aliphatic rings. The number of aromatic nitrogens is 3. The lowest BCUT2D eigenvalue weighted by Crippen LogP contribution is -2.21. The number of nitrogens with one attached hydrogen (secondary N) is 1. The first kappa shape index (κ1) is 17.7. The van der Waals surface area contributed by atoms with Crippen molar-refractivity contribution in [1.29, 1.82) is 0 Å². The zero-order valence-electron chi connectivity index (χ0n) is 15.5. The van der Waals surface area contributed by atoms with Crippen LogP contribution in [0.4, 0.5) is 11.6 Å². The van der Waals surface area contributed by atoms with Crippen LogP contribution in [-0.4, -0.2) is 21.6 Å². The molecule has 0 aliphatic heterocycles. The fourth-order valence-corrected chi connectivity index (χ4v) is 3.03. The van der Waals surface area contributed by atoms with Gasteiger partial charge in [-0.3, -0.25) is 9.36 Å². The van der Waals surface area contributed by atoms with Crippen molar-refractivity contribution < 1.29 is 4.74 Å². The summed E-state index contributed by atoms with van der Waals surface area (Å²) in [6.45, 7) is 0.532. The zero-order chi connectivity index (χ0) is 19.3. The minimum atomic E-state index is -0.0784. The average molecular weight is 372 g/mol. The second-order valence-corrected chi connectivity index (χ2v) is 6.38. The average Bonchev–Trinajstić information content (AvgIpc) is 2.74. The molecule has 0 atom stereocenters. The van der Waals surface area contributed by atoms with Crippen molar-refractivity contribution in [2.24, 2.45) is 0 Å². The Morgan fingerprint density at radius 1 is 1.00 bits per heavy atom. The number of benzene rings is 2. The lowest BCUT2D eigenvalue weighted by Gasteiger charge is -2.11. The smallest absolute Gasteiger partial charge is 0.252 e. The highest BCUT2D eigenvalue weighted by atomic mass is 16.5. The molecule has 0 saturated heterocycles. The first-order valence-electron chi connectivity index (χ1n) is 9.04. The van der Waals surface area contributed by atoms with Gasteiger partial charge in [0.05, 0.1) is 7.11 Å². The summed E-state index contributed by atoms with van der Waals surface area (Å²) in [7, 11) is 1.64. The van der Waals surface area contributed by atoms with Gasteiger partial charge in [-0.05, 0) is 42.3 Å². The van der Waals surface area contributed by atoms with Gasteiger partial charge in [-0.15, -0.1) is 0 Å². The molecule has 0 amide bonds. The van der Waals surface area contributed by atoms with Crippen molar-refractivity contribution in [3.63, 3.8) is 0 Å². The molecule has 2 heterocycles. The summed E-state index contributed by atoms with van der Waals surface area (Å²) in [5, 5.41) is 4.00. The molecule has 2 aromatic carbocycles. The number of methoxy groups -OCH3 is 1. The molecule has 0 aliphatic carbocycles. The molecule has 4 aromatic rings.